The molecule has 23 heavy (non-hydrogen) atoms. The van der Waals surface area contributed by atoms with Crippen LogP contribution in [0.1, 0.15) is 10.4 Å². The lowest BCUT2D eigenvalue weighted by atomic mass is 10.1. The lowest BCUT2D eigenvalue weighted by molar-refractivity contribution is 0.598. The van der Waals surface area contributed by atoms with Crippen molar-refractivity contribution in [2.75, 3.05) is 21.8 Å². The Morgan fingerprint density at radius 2 is 1.87 bits per heavy atom. The fourth-order valence-electron chi connectivity index (χ4n) is 2.52. The molecule has 0 amide bonds. The molecule has 0 atom stereocenters. The number of rotatable bonds is 4. The van der Waals surface area contributed by atoms with E-state index in [9.17, 15) is 16.8 Å². The van der Waals surface area contributed by atoms with E-state index < -0.39 is 20.0 Å². The van der Waals surface area contributed by atoms with Gasteiger partial charge in [-0.15, -0.1) is 11.3 Å². The standard InChI is InChI=1S/C14H16N2O4S3/c1-10-3-6-14(21-10)23(19,20)15-12-5-4-11-7-8-16(13(11)9-12)22(2,17)18/h3-6,9,15H,7-8H2,1-2H3. The molecular weight excluding hydrogens is 356 g/mol. The van der Waals surface area contributed by atoms with Crippen LogP contribution in [0.2, 0.25) is 0 Å². The number of anilines is 2. The van der Waals surface area contributed by atoms with Crippen LogP contribution in [0.3, 0.4) is 0 Å². The molecule has 0 saturated heterocycles. The third kappa shape index (κ3) is 3.22. The van der Waals surface area contributed by atoms with Crippen molar-refractivity contribution in [2.45, 2.75) is 17.6 Å². The number of nitrogens with one attached hydrogen (secondary N) is 1. The van der Waals surface area contributed by atoms with Gasteiger partial charge in [0, 0.05) is 11.4 Å². The van der Waals surface area contributed by atoms with E-state index in [0.717, 1.165) is 16.7 Å². The highest BCUT2D eigenvalue weighted by Gasteiger charge is 2.27. The van der Waals surface area contributed by atoms with Gasteiger partial charge in [0.15, 0.2) is 0 Å². The van der Waals surface area contributed by atoms with Gasteiger partial charge in [-0.05, 0) is 43.2 Å². The van der Waals surface area contributed by atoms with Crippen molar-refractivity contribution < 1.29 is 16.8 Å². The molecule has 1 aromatic carbocycles. The summed E-state index contributed by atoms with van der Waals surface area (Å²) in [7, 11) is -7.03. The molecule has 1 aliphatic rings. The second-order valence-corrected chi connectivity index (χ2v) is 10.5. The summed E-state index contributed by atoms with van der Waals surface area (Å²) >= 11 is 1.19. The Kier molecular flexibility index (Phi) is 3.89. The van der Waals surface area contributed by atoms with Gasteiger partial charge in [0.25, 0.3) is 10.0 Å². The Morgan fingerprint density at radius 1 is 1.13 bits per heavy atom. The summed E-state index contributed by atoms with van der Waals surface area (Å²) in [5.41, 5.74) is 1.78. The zero-order valence-corrected chi connectivity index (χ0v) is 15.1. The summed E-state index contributed by atoms with van der Waals surface area (Å²) in [5.74, 6) is 0. The maximum atomic E-state index is 12.4. The van der Waals surface area contributed by atoms with Gasteiger partial charge in [-0.3, -0.25) is 9.03 Å². The van der Waals surface area contributed by atoms with Crippen LogP contribution in [0.4, 0.5) is 11.4 Å². The van der Waals surface area contributed by atoms with E-state index in [4.69, 9.17) is 0 Å². The predicted octanol–water partition coefficient (Wildman–Crippen LogP) is 2.18. The molecule has 1 aliphatic heterocycles. The minimum atomic E-state index is -3.66. The fourth-order valence-corrected chi connectivity index (χ4v) is 5.80. The average molecular weight is 372 g/mol. The SMILES string of the molecule is Cc1ccc(S(=O)(=O)Nc2ccc3c(c2)N(S(C)(=O)=O)CC3)s1. The van der Waals surface area contributed by atoms with Crippen LogP contribution in [0.5, 0.6) is 0 Å². The van der Waals surface area contributed by atoms with Crippen LogP contribution < -0.4 is 9.03 Å². The van der Waals surface area contributed by atoms with Gasteiger partial charge in [0.1, 0.15) is 4.21 Å². The quantitative estimate of drug-likeness (QED) is 0.892. The molecule has 6 nitrogen and oxygen atoms in total. The zero-order chi connectivity index (χ0) is 16.8. The highest BCUT2D eigenvalue weighted by Crippen LogP contribution is 2.33. The molecule has 0 unspecified atom stereocenters. The Balaban J connectivity index is 1.94. The van der Waals surface area contributed by atoms with Crippen molar-refractivity contribution in [3.8, 4) is 0 Å². The monoisotopic (exact) mass is 372 g/mol. The molecule has 9 heteroatoms. The summed E-state index contributed by atoms with van der Waals surface area (Å²) in [6, 6.07) is 8.29. The molecule has 0 spiro atoms. The van der Waals surface area contributed by atoms with Crippen LogP contribution >= 0.6 is 11.3 Å². The molecule has 3 rings (SSSR count). The average Bonchev–Trinajstić information content (AvgIpc) is 3.03. The summed E-state index contributed by atoms with van der Waals surface area (Å²) < 4.78 is 52.4. The largest absolute Gasteiger partial charge is 0.279 e. The minimum absolute atomic E-state index is 0.232. The lowest BCUT2D eigenvalue weighted by Gasteiger charge is -2.17. The zero-order valence-electron chi connectivity index (χ0n) is 12.6. The van der Waals surface area contributed by atoms with Crippen molar-refractivity contribution >= 4 is 42.8 Å². The minimum Gasteiger partial charge on any atom is -0.279 e. The van der Waals surface area contributed by atoms with Gasteiger partial charge in [-0.1, -0.05) is 6.07 Å². The van der Waals surface area contributed by atoms with E-state index in [2.05, 4.69) is 4.72 Å². The van der Waals surface area contributed by atoms with Crippen molar-refractivity contribution in [3.05, 3.63) is 40.8 Å². The molecule has 1 aromatic heterocycles. The second kappa shape index (κ2) is 5.50. The predicted molar refractivity (Wildman–Crippen MR) is 92.2 cm³/mol. The first-order valence-corrected chi connectivity index (χ1v) is 11.0. The first-order valence-electron chi connectivity index (χ1n) is 6.87. The molecule has 0 radical (unpaired) electrons. The first-order chi connectivity index (χ1) is 10.7. The topological polar surface area (TPSA) is 83.6 Å². The maximum Gasteiger partial charge on any atom is 0.271 e. The number of benzene rings is 1. The Bertz CT molecular complexity index is 962. The highest BCUT2D eigenvalue weighted by atomic mass is 32.2. The first kappa shape index (κ1) is 16.3. The highest BCUT2D eigenvalue weighted by molar-refractivity contribution is 7.94. The lowest BCUT2D eigenvalue weighted by Crippen LogP contribution is -2.27. The van der Waals surface area contributed by atoms with Gasteiger partial charge in [0.2, 0.25) is 10.0 Å². The number of sulfonamides is 2. The van der Waals surface area contributed by atoms with Gasteiger partial charge in [0.05, 0.1) is 17.6 Å². The number of fused-ring (bicyclic) bond motifs is 1. The van der Waals surface area contributed by atoms with Crippen LogP contribution in [0, 0.1) is 6.92 Å². The van der Waals surface area contributed by atoms with Gasteiger partial charge < -0.3 is 0 Å². The van der Waals surface area contributed by atoms with Crippen LogP contribution in [-0.4, -0.2) is 29.6 Å². The number of aryl methyl sites for hydroxylation is 1. The van der Waals surface area contributed by atoms with Gasteiger partial charge in [-0.25, -0.2) is 16.8 Å². The Morgan fingerprint density at radius 3 is 2.48 bits per heavy atom. The molecule has 0 aliphatic carbocycles. The van der Waals surface area contributed by atoms with Crippen molar-refractivity contribution in [1.29, 1.82) is 0 Å². The van der Waals surface area contributed by atoms with Crippen LogP contribution in [0.15, 0.2) is 34.5 Å². The third-order valence-electron chi connectivity index (χ3n) is 3.57. The summed E-state index contributed by atoms with van der Waals surface area (Å²) in [6.45, 7) is 2.22. The van der Waals surface area contributed by atoms with Crippen LogP contribution in [0.25, 0.3) is 0 Å². The summed E-state index contributed by atoms with van der Waals surface area (Å²) in [5, 5.41) is 0. The Labute approximate surface area is 139 Å². The van der Waals surface area contributed by atoms with E-state index in [0.29, 0.717) is 24.3 Å². The smallest absolute Gasteiger partial charge is 0.271 e. The van der Waals surface area contributed by atoms with E-state index >= 15 is 0 Å². The van der Waals surface area contributed by atoms with Crippen molar-refractivity contribution in [2.24, 2.45) is 0 Å². The third-order valence-corrected chi connectivity index (χ3v) is 7.63. The normalized spacial score (nSPS) is 14.8. The van der Waals surface area contributed by atoms with Crippen molar-refractivity contribution in [3.63, 3.8) is 0 Å². The molecule has 2 heterocycles. The molecule has 0 bridgehead atoms. The van der Waals surface area contributed by atoms with Gasteiger partial charge >= 0.3 is 0 Å². The summed E-state index contributed by atoms with van der Waals surface area (Å²) in [4.78, 5) is 0.905. The number of thiophene rings is 1. The van der Waals surface area contributed by atoms with Crippen molar-refractivity contribution in [1.82, 2.24) is 0 Å². The van der Waals surface area contributed by atoms with E-state index in [1.807, 2.05) is 6.92 Å². The second-order valence-electron chi connectivity index (χ2n) is 5.40. The van der Waals surface area contributed by atoms with E-state index in [1.54, 1.807) is 30.3 Å². The number of hydrogen-bond donors (Lipinski definition) is 1. The molecular formula is C14H16N2O4S3. The molecule has 0 saturated carbocycles. The Hall–Kier alpha value is -1.58. The molecule has 124 valence electrons. The van der Waals surface area contributed by atoms with E-state index in [-0.39, 0.29) is 4.21 Å². The molecule has 0 fully saturated rings. The van der Waals surface area contributed by atoms with Crippen LogP contribution in [-0.2, 0) is 26.5 Å². The molecule has 1 N–H and O–H groups in total. The van der Waals surface area contributed by atoms with Gasteiger partial charge in [-0.2, -0.15) is 0 Å². The number of hydrogen-bond acceptors (Lipinski definition) is 5. The van der Waals surface area contributed by atoms with E-state index in [1.165, 1.54) is 15.6 Å². The maximum absolute atomic E-state index is 12.4. The molecule has 2 aromatic rings. The summed E-state index contributed by atoms with van der Waals surface area (Å²) in [6.07, 6.45) is 1.77. The number of nitrogens with zero attached hydrogens (tertiary/aromatic N) is 1. The fraction of sp³-hybridized carbons (Fsp3) is 0.286.